The van der Waals surface area contributed by atoms with Crippen molar-refractivity contribution in [1.82, 2.24) is 4.90 Å². The maximum absolute atomic E-state index is 3.72. The second kappa shape index (κ2) is 6.40. The van der Waals surface area contributed by atoms with E-state index in [0.717, 1.165) is 11.9 Å². The van der Waals surface area contributed by atoms with Gasteiger partial charge in [0.15, 0.2) is 0 Å². The fraction of sp³-hybridized carbons (Fsp3) is 0.571. The molecule has 0 bridgehead atoms. The van der Waals surface area contributed by atoms with Gasteiger partial charge in [0.1, 0.15) is 0 Å². The van der Waals surface area contributed by atoms with Crippen molar-refractivity contribution in [1.29, 1.82) is 0 Å². The largest absolute Gasteiger partial charge is 0.366 e. The van der Waals surface area contributed by atoms with Crippen molar-refractivity contribution in [3.63, 3.8) is 0 Å². The summed E-state index contributed by atoms with van der Waals surface area (Å²) in [5.41, 5.74) is 2.65. The number of hydrogen-bond acceptors (Lipinski definition) is 2. The van der Waals surface area contributed by atoms with Gasteiger partial charge in [-0.2, -0.15) is 0 Å². The van der Waals surface area contributed by atoms with Gasteiger partial charge in [-0.3, -0.25) is 0 Å². The van der Waals surface area contributed by atoms with Crippen molar-refractivity contribution in [3.05, 3.63) is 28.2 Å². The highest BCUT2D eigenvalue weighted by atomic mass is 79.9. The van der Waals surface area contributed by atoms with Crippen LogP contribution in [0.25, 0.3) is 0 Å². The van der Waals surface area contributed by atoms with Crippen molar-refractivity contribution in [3.8, 4) is 0 Å². The average Bonchev–Trinajstić information content (AvgIpc) is 2.76. The van der Waals surface area contributed by atoms with Crippen molar-refractivity contribution in [2.75, 3.05) is 32.1 Å². The number of rotatable bonds is 4. The third kappa shape index (κ3) is 3.28. The Kier molecular flexibility index (Phi) is 5.10. The molecule has 1 aliphatic heterocycles. The maximum Gasteiger partial charge on any atom is 0.0513 e. The standard InChI is InChI=1S/C14H20Br2N2/c1-17(2)10-12-4-3-7-18(12)14-6-5-11(9-15)8-13(14)16/h5-6,8,12H,3-4,7,9-10H2,1-2H3. The van der Waals surface area contributed by atoms with E-state index in [9.17, 15) is 0 Å². The summed E-state index contributed by atoms with van der Waals surface area (Å²) in [7, 11) is 4.30. The number of alkyl halides is 1. The van der Waals surface area contributed by atoms with E-state index in [1.165, 1.54) is 35.1 Å². The normalized spacial score (nSPS) is 19.8. The van der Waals surface area contributed by atoms with Crippen LogP contribution in [0.5, 0.6) is 0 Å². The van der Waals surface area contributed by atoms with Crippen LogP contribution in [0.4, 0.5) is 5.69 Å². The molecule has 1 aromatic rings. The first kappa shape index (κ1) is 14.4. The molecule has 1 aromatic carbocycles. The summed E-state index contributed by atoms with van der Waals surface area (Å²) in [6, 6.07) is 7.31. The zero-order valence-corrected chi connectivity index (χ0v) is 14.2. The van der Waals surface area contributed by atoms with Crippen molar-refractivity contribution >= 4 is 37.5 Å². The second-order valence-electron chi connectivity index (χ2n) is 5.17. The van der Waals surface area contributed by atoms with Crippen LogP contribution in [0.1, 0.15) is 18.4 Å². The van der Waals surface area contributed by atoms with E-state index in [1.54, 1.807) is 0 Å². The molecule has 100 valence electrons. The molecule has 1 fully saturated rings. The predicted molar refractivity (Wildman–Crippen MR) is 85.7 cm³/mol. The number of nitrogens with zero attached hydrogens (tertiary/aromatic N) is 2. The Morgan fingerprint density at radius 1 is 1.39 bits per heavy atom. The van der Waals surface area contributed by atoms with E-state index < -0.39 is 0 Å². The highest BCUT2D eigenvalue weighted by molar-refractivity contribution is 9.10. The molecule has 2 nitrogen and oxygen atoms in total. The minimum atomic E-state index is 0.645. The SMILES string of the molecule is CN(C)CC1CCCN1c1ccc(CBr)cc1Br. The predicted octanol–water partition coefficient (Wildman–Crippen LogP) is 3.87. The van der Waals surface area contributed by atoms with Crippen LogP contribution in [0.2, 0.25) is 0 Å². The molecule has 1 atom stereocenters. The average molecular weight is 376 g/mol. The van der Waals surface area contributed by atoms with Crippen LogP contribution in [0.15, 0.2) is 22.7 Å². The van der Waals surface area contributed by atoms with E-state index in [1.807, 2.05) is 0 Å². The Morgan fingerprint density at radius 3 is 2.78 bits per heavy atom. The molecule has 1 unspecified atom stereocenters. The van der Waals surface area contributed by atoms with Gasteiger partial charge in [0.2, 0.25) is 0 Å². The third-order valence-corrected chi connectivity index (χ3v) is 4.71. The second-order valence-corrected chi connectivity index (χ2v) is 6.59. The molecule has 4 heteroatoms. The van der Waals surface area contributed by atoms with Crippen LogP contribution in [-0.4, -0.2) is 38.1 Å². The molecule has 0 saturated carbocycles. The molecule has 0 N–H and O–H groups in total. The molecule has 0 aromatic heterocycles. The van der Waals surface area contributed by atoms with E-state index >= 15 is 0 Å². The van der Waals surface area contributed by atoms with Crippen LogP contribution in [-0.2, 0) is 5.33 Å². The number of hydrogen-bond donors (Lipinski definition) is 0. The zero-order valence-electron chi connectivity index (χ0n) is 11.0. The lowest BCUT2D eigenvalue weighted by atomic mass is 10.1. The van der Waals surface area contributed by atoms with Crippen LogP contribution >= 0.6 is 31.9 Å². The first-order valence-electron chi connectivity index (χ1n) is 6.37. The molecule has 1 aliphatic rings. The Balaban J connectivity index is 2.19. The number of halogens is 2. The zero-order chi connectivity index (χ0) is 13.1. The Hall–Kier alpha value is -0.0600. The van der Waals surface area contributed by atoms with Crippen molar-refractivity contribution in [2.45, 2.75) is 24.2 Å². The fourth-order valence-corrected chi connectivity index (χ4v) is 3.63. The molecule has 1 heterocycles. The lowest BCUT2D eigenvalue weighted by Gasteiger charge is -2.30. The van der Waals surface area contributed by atoms with Crippen LogP contribution in [0, 0.1) is 0 Å². The molecule has 18 heavy (non-hydrogen) atoms. The molecule has 0 radical (unpaired) electrons. The highest BCUT2D eigenvalue weighted by Crippen LogP contribution is 2.33. The number of anilines is 1. The van der Waals surface area contributed by atoms with Gasteiger partial charge in [-0.05, 0) is 60.6 Å². The van der Waals surface area contributed by atoms with Gasteiger partial charge in [-0.25, -0.2) is 0 Å². The fourth-order valence-electron chi connectivity index (χ4n) is 2.63. The van der Waals surface area contributed by atoms with Gasteiger partial charge < -0.3 is 9.80 Å². The summed E-state index contributed by atoms with van der Waals surface area (Å²) in [6.07, 6.45) is 2.59. The van der Waals surface area contributed by atoms with E-state index in [-0.39, 0.29) is 0 Å². The van der Waals surface area contributed by atoms with Crippen molar-refractivity contribution in [2.24, 2.45) is 0 Å². The Bertz CT molecular complexity index is 407. The van der Waals surface area contributed by atoms with Gasteiger partial charge in [0.25, 0.3) is 0 Å². The van der Waals surface area contributed by atoms with Gasteiger partial charge in [-0.15, -0.1) is 0 Å². The molecule has 1 saturated heterocycles. The molecular weight excluding hydrogens is 356 g/mol. The summed E-state index contributed by atoms with van der Waals surface area (Å²) >= 11 is 7.22. The minimum absolute atomic E-state index is 0.645. The quantitative estimate of drug-likeness (QED) is 0.737. The summed E-state index contributed by atoms with van der Waals surface area (Å²) < 4.78 is 1.21. The molecule has 0 aliphatic carbocycles. The molecular formula is C14H20Br2N2. The number of benzene rings is 1. The highest BCUT2D eigenvalue weighted by Gasteiger charge is 2.26. The molecule has 2 rings (SSSR count). The monoisotopic (exact) mass is 374 g/mol. The summed E-state index contributed by atoms with van der Waals surface area (Å²) in [4.78, 5) is 4.83. The molecule has 0 amide bonds. The van der Waals surface area contributed by atoms with Crippen LogP contribution < -0.4 is 4.90 Å². The smallest absolute Gasteiger partial charge is 0.0513 e. The summed E-state index contributed by atoms with van der Waals surface area (Å²) in [6.45, 7) is 2.30. The minimum Gasteiger partial charge on any atom is -0.366 e. The first-order valence-corrected chi connectivity index (χ1v) is 8.29. The Morgan fingerprint density at radius 2 is 2.17 bits per heavy atom. The molecule has 0 spiro atoms. The van der Waals surface area contributed by atoms with Gasteiger partial charge >= 0.3 is 0 Å². The van der Waals surface area contributed by atoms with Gasteiger partial charge in [0.05, 0.1) is 5.69 Å². The van der Waals surface area contributed by atoms with Gasteiger partial charge in [0, 0.05) is 28.9 Å². The maximum atomic E-state index is 3.72. The summed E-state index contributed by atoms with van der Waals surface area (Å²) in [5.74, 6) is 0. The number of likely N-dealkylation sites (N-methyl/N-ethyl adjacent to an activating group) is 1. The van der Waals surface area contributed by atoms with E-state index in [2.05, 4.69) is 74.0 Å². The lowest BCUT2D eigenvalue weighted by molar-refractivity contribution is 0.372. The van der Waals surface area contributed by atoms with Gasteiger partial charge in [-0.1, -0.05) is 22.0 Å². The van der Waals surface area contributed by atoms with Crippen molar-refractivity contribution < 1.29 is 0 Å². The Labute approximate surface area is 127 Å². The van der Waals surface area contributed by atoms with E-state index in [4.69, 9.17) is 0 Å². The first-order chi connectivity index (χ1) is 8.61. The van der Waals surface area contributed by atoms with Crippen LogP contribution in [0.3, 0.4) is 0 Å². The summed E-state index contributed by atoms with van der Waals surface area (Å²) in [5, 5.41) is 0.910. The third-order valence-electron chi connectivity index (χ3n) is 3.43. The topological polar surface area (TPSA) is 6.48 Å². The van der Waals surface area contributed by atoms with E-state index in [0.29, 0.717) is 6.04 Å². The lowest BCUT2D eigenvalue weighted by Crippen LogP contribution is -2.37.